The Hall–Kier alpha value is -0.670. The van der Waals surface area contributed by atoms with E-state index in [2.05, 4.69) is 34.7 Å². The number of ketones is 1. The van der Waals surface area contributed by atoms with Crippen LogP contribution in [-0.2, 0) is 0 Å². The highest BCUT2D eigenvalue weighted by Crippen LogP contribution is 2.27. The highest BCUT2D eigenvalue weighted by atomic mass is 79.9. The van der Waals surface area contributed by atoms with Crippen LogP contribution < -0.4 is 0 Å². The van der Waals surface area contributed by atoms with Crippen LogP contribution in [0, 0.1) is 5.92 Å². The average molecular weight is 338 g/mol. The van der Waals surface area contributed by atoms with E-state index in [1.807, 2.05) is 24.3 Å². The highest BCUT2D eigenvalue weighted by Gasteiger charge is 2.28. The van der Waals surface area contributed by atoms with E-state index < -0.39 is 0 Å². The van der Waals surface area contributed by atoms with Crippen molar-refractivity contribution in [3.05, 3.63) is 34.3 Å². The van der Waals surface area contributed by atoms with Crippen LogP contribution in [0.3, 0.4) is 0 Å². The van der Waals surface area contributed by atoms with Gasteiger partial charge in [0.1, 0.15) is 0 Å². The third kappa shape index (κ3) is 5.02. The summed E-state index contributed by atoms with van der Waals surface area (Å²) in [5.74, 6) is 0.985. The van der Waals surface area contributed by atoms with Gasteiger partial charge in [-0.3, -0.25) is 9.69 Å². The second kappa shape index (κ2) is 7.37. The lowest BCUT2D eigenvalue weighted by Gasteiger charge is -2.22. The molecule has 1 fully saturated rings. The summed E-state index contributed by atoms with van der Waals surface area (Å²) in [6.45, 7) is 6.56. The lowest BCUT2D eigenvalue weighted by atomic mass is 10.1. The number of hydrogen-bond donors (Lipinski definition) is 0. The van der Waals surface area contributed by atoms with Gasteiger partial charge in [-0.15, -0.1) is 0 Å². The fourth-order valence-corrected chi connectivity index (χ4v) is 2.79. The molecule has 0 saturated heterocycles. The Kier molecular flexibility index (Phi) is 5.79. The molecule has 1 aromatic rings. The molecule has 0 aliphatic heterocycles. The maximum atomic E-state index is 12.2. The van der Waals surface area contributed by atoms with Crippen molar-refractivity contribution in [1.82, 2.24) is 4.90 Å². The maximum Gasteiger partial charge on any atom is 0.164 e. The van der Waals surface area contributed by atoms with Gasteiger partial charge in [-0.2, -0.15) is 0 Å². The predicted molar refractivity (Wildman–Crippen MR) is 87.1 cm³/mol. The van der Waals surface area contributed by atoms with E-state index in [1.54, 1.807) is 0 Å². The van der Waals surface area contributed by atoms with Crippen molar-refractivity contribution in [1.29, 1.82) is 0 Å². The van der Waals surface area contributed by atoms with E-state index in [-0.39, 0.29) is 5.78 Å². The number of Topliss-reactive ketones (excluding diaryl/α,β-unsaturated/α-hetero) is 1. The van der Waals surface area contributed by atoms with Crippen LogP contribution in [-0.4, -0.2) is 29.8 Å². The lowest BCUT2D eigenvalue weighted by molar-refractivity contribution is 0.0961. The molecule has 2 rings (SSSR count). The molecule has 20 heavy (non-hydrogen) atoms. The van der Waals surface area contributed by atoms with Gasteiger partial charge in [0.05, 0.1) is 0 Å². The zero-order chi connectivity index (χ0) is 14.5. The van der Waals surface area contributed by atoms with Gasteiger partial charge >= 0.3 is 0 Å². The van der Waals surface area contributed by atoms with Crippen molar-refractivity contribution in [3.63, 3.8) is 0 Å². The monoisotopic (exact) mass is 337 g/mol. The molecule has 1 aliphatic carbocycles. The average Bonchev–Trinajstić information content (AvgIpc) is 3.22. The minimum absolute atomic E-state index is 0.251. The number of rotatable bonds is 8. The standard InChI is InChI=1S/C17H24BrNO/c1-13(2)8-10-19(16-6-7-16)11-9-17(20)14-4-3-5-15(18)12-14/h3-5,12-13,16H,6-11H2,1-2H3. The Morgan fingerprint density at radius 3 is 2.70 bits per heavy atom. The Morgan fingerprint density at radius 1 is 1.35 bits per heavy atom. The number of carbonyl (C=O) groups excluding carboxylic acids is 1. The lowest BCUT2D eigenvalue weighted by Crippen LogP contribution is -2.30. The molecule has 0 radical (unpaired) electrons. The molecule has 1 saturated carbocycles. The van der Waals surface area contributed by atoms with Crippen LogP contribution in [0.2, 0.25) is 0 Å². The fraction of sp³-hybridized carbons (Fsp3) is 0.588. The zero-order valence-corrected chi connectivity index (χ0v) is 14.0. The maximum absolute atomic E-state index is 12.2. The van der Waals surface area contributed by atoms with Crippen molar-refractivity contribution >= 4 is 21.7 Å². The summed E-state index contributed by atoms with van der Waals surface area (Å²) in [6, 6.07) is 8.44. The molecular weight excluding hydrogens is 314 g/mol. The summed E-state index contributed by atoms with van der Waals surface area (Å²) in [5.41, 5.74) is 0.819. The van der Waals surface area contributed by atoms with E-state index >= 15 is 0 Å². The smallest absolute Gasteiger partial charge is 0.164 e. The van der Waals surface area contributed by atoms with Crippen LogP contribution in [0.4, 0.5) is 0 Å². The van der Waals surface area contributed by atoms with Gasteiger partial charge in [-0.25, -0.2) is 0 Å². The van der Waals surface area contributed by atoms with Crippen LogP contribution >= 0.6 is 15.9 Å². The molecule has 0 unspecified atom stereocenters. The van der Waals surface area contributed by atoms with E-state index in [0.29, 0.717) is 6.42 Å². The van der Waals surface area contributed by atoms with Gasteiger partial charge in [0, 0.05) is 29.0 Å². The summed E-state index contributed by atoms with van der Waals surface area (Å²) in [7, 11) is 0. The van der Waals surface area contributed by atoms with Gasteiger partial charge in [0.2, 0.25) is 0 Å². The topological polar surface area (TPSA) is 20.3 Å². The Balaban J connectivity index is 1.84. The van der Waals surface area contributed by atoms with Crippen LogP contribution in [0.5, 0.6) is 0 Å². The van der Waals surface area contributed by atoms with Gasteiger partial charge in [0.15, 0.2) is 5.78 Å². The predicted octanol–water partition coefficient (Wildman–Crippen LogP) is 4.53. The van der Waals surface area contributed by atoms with Crippen molar-refractivity contribution in [2.24, 2.45) is 5.92 Å². The summed E-state index contributed by atoms with van der Waals surface area (Å²) in [4.78, 5) is 14.7. The molecule has 1 aromatic carbocycles. The van der Waals surface area contributed by atoms with E-state index in [0.717, 1.165) is 35.1 Å². The number of carbonyl (C=O) groups is 1. The molecule has 0 atom stereocenters. The molecule has 0 bridgehead atoms. The number of benzene rings is 1. The van der Waals surface area contributed by atoms with Gasteiger partial charge in [0.25, 0.3) is 0 Å². The molecule has 0 amide bonds. The third-order valence-electron chi connectivity index (χ3n) is 3.83. The van der Waals surface area contributed by atoms with Gasteiger partial charge in [-0.1, -0.05) is 41.9 Å². The Bertz CT molecular complexity index is 454. The number of nitrogens with zero attached hydrogens (tertiary/aromatic N) is 1. The normalized spacial score (nSPS) is 15.1. The summed E-state index contributed by atoms with van der Waals surface area (Å²) in [5, 5.41) is 0. The second-order valence-electron chi connectivity index (χ2n) is 6.13. The van der Waals surface area contributed by atoms with Crippen LogP contribution in [0.15, 0.2) is 28.7 Å². The molecule has 0 aromatic heterocycles. The molecule has 0 spiro atoms. The Labute approximate surface area is 130 Å². The van der Waals surface area contributed by atoms with Crippen molar-refractivity contribution in [2.45, 2.75) is 45.6 Å². The minimum atomic E-state index is 0.251. The molecular formula is C17H24BrNO. The first-order valence-electron chi connectivity index (χ1n) is 7.59. The van der Waals surface area contributed by atoms with E-state index in [9.17, 15) is 4.79 Å². The Morgan fingerprint density at radius 2 is 2.10 bits per heavy atom. The number of hydrogen-bond acceptors (Lipinski definition) is 2. The highest BCUT2D eigenvalue weighted by molar-refractivity contribution is 9.10. The zero-order valence-electron chi connectivity index (χ0n) is 12.4. The minimum Gasteiger partial charge on any atom is -0.300 e. The largest absolute Gasteiger partial charge is 0.300 e. The van der Waals surface area contributed by atoms with Crippen LogP contribution in [0.1, 0.15) is 49.9 Å². The van der Waals surface area contributed by atoms with E-state index in [1.165, 1.54) is 19.3 Å². The first-order valence-corrected chi connectivity index (χ1v) is 8.38. The quantitative estimate of drug-likeness (QED) is 0.649. The molecule has 1 aliphatic rings. The SMILES string of the molecule is CC(C)CCN(CCC(=O)c1cccc(Br)c1)C1CC1. The van der Waals surface area contributed by atoms with Crippen molar-refractivity contribution < 1.29 is 4.79 Å². The molecule has 0 heterocycles. The molecule has 3 heteroatoms. The summed E-state index contributed by atoms with van der Waals surface area (Å²) >= 11 is 3.42. The summed E-state index contributed by atoms with van der Waals surface area (Å²) < 4.78 is 0.974. The summed E-state index contributed by atoms with van der Waals surface area (Å²) in [6.07, 6.45) is 4.47. The third-order valence-corrected chi connectivity index (χ3v) is 4.32. The van der Waals surface area contributed by atoms with Gasteiger partial charge < -0.3 is 0 Å². The number of halogens is 1. The van der Waals surface area contributed by atoms with Crippen LogP contribution in [0.25, 0.3) is 0 Å². The fourth-order valence-electron chi connectivity index (χ4n) is 2.39. The first-order chi connectivity index (χ1) is 9.56. The van der Waals surface area contributed by atoms with E-state index in [4.69, 9.17) is 0 Å². The molecule has 2 nitrogen and oxygen atoms in total. The van der Waals surface area contributed by atoms with Crippen molar-refractivity contribution in [2.75, 3.05) is 13.1 Å². The van der Waals surface area contributed by atoms with Crippen molar-refractivity contribution in [3.8, 4) is 0 Å². The second-order valence-corrected chi connectivity index (χ2v) is 7.05. The molecule has 110 valence electrons. The molecule has 0 N–H and O–H groups in total. The van der Waals surface area contributed by atoms with Gasteiger partial charge in [-0.05, 0) is 43.9 Å². The first kappa shape index (κ1) is 15.7.